The Balaban J connectivity index is 1.10. The van der Waals surface area contributed by atoms with Gasteiger partial charge in [0.1, 0.15) is 0 Å². The van der Waals surface area contributed by atoms with Gasteiger partial charge in [0.05, 0.1) is 0 Å². The summed E-state index contributed by atoms with van der Waals surface area (Å²) in [5.74, 6) is 0. The van der Waals surface area contributed by atoms with Crippen LogP contribution in [0.5, 0.6) is 0 Å². The van der Waals surface area contributed by atoms with Gasteiger partial charge in [0.2, 0.25) is 0 Å². The van der Waals surface area contributed by atoms with Crippen molar-refractivity contribution in [1.82, 2.24) is 0 Å². The number of hydrogen-bond donors (Lipinski definition) is 0. The number of benzene rings is 11. The second-order valence-corrected chi connectivity index (χ2v) is 17.3. The summed E-state index contributed by atoms with van der Waals surface area (Å²) in [6.07, 6.45) is 0. The quantitative estimate of drug-likeness (QED) is 0.123. The van der Waals surface area contributed by atoms with E-state index in [0.29, 0.717) is 0 Å². The molecule has 0 aliphatic carbocycles. The maximum atomic E-state index is 2.51. The fourth-order valence-electron chi connectivity index (χ4n) is 9.58. The summed E-state index contributed by atoms with van der Waals surface area (Å²) in [7, 11) is 0. The molecular weight excluding hydrogens is 752 g/mol. The Morgan fingerprint density at radius 2 is 0.684 bits per heavy atom. The van der Waals surface area contributed by atoms with E-state index in [1.807, 2.05) is 0 Å². The average Bonchev–Trinajstić information content (AvgIpc) is 3.66. The molecule has 1 heteroatoms. The monoisotopic (exact) mass is 786 g/mol. The summed E-state index contributed by atoms with van der Waals surface area (Å²) in [5, 5.41) is 15.6. The summed E-state index contributed by atoms with van der Waals surface area (Å²) in [4.78, 5) is 0. The van der Waals surface area contributed by atoms with E-state index in [4.69, 9.17) is 0 Å². The van der Waals surface area contributed by atoms with E-state index in [9.17, 15) is 0 Å². The molecule has 0 aliphatic heterocycles. The van der Waals surface area contributed by atoms with Gasteiger partial charge in [-0.15, -0.1) is 0 Å². The maximum absolute atomic E-state index is 2.51. The molecule has 0 unspecified atom stereocenters. The Labute approximate surface area is 336 Å². The van der Waals surface area contributed by atoms with Gasteiger partial charge in [0, 0.05) is 0 Å². The Bertz CT molecular complexity index is 3460. The van der Waals surface area contributed by atoms with Crippen molar-refractivity contribution in [3.05, 3.63) is 206 Å². The van der Waals surface area contributed by atoms with Gasteiger partial charge in [-0.2, -0.15) is 0 Å². The third-order valence-corrected chi connectivity index (χ3v) is 14.5. The molecule has 264 valence electrons. The molecule has 0 radical (unpaired) electrons. The number of hydrogen-bond acceptors (Lipinski definition) is 0. The van der Waals surface area contributed by atoms with Crippen molar-refractivity contribution in [2.45, 2.75) is 0 Å². The molecule has 0 amide bonds. The zero-order valence-electron chi connectivity index (χ0n) is 31.0. The molecule has 0 N–H and O–H groups in total. The van der Waals surface area contributed by atoms with Gasteiger partial charge in [0.25, 0.3) is 0 Å². The first-order chi connectivity index (χ1) is 28.3. The molecule has 0 fully saturated rings. The van der Waals surface area contributed by atoms with Crippen LogP contribution in [0, 0.1) is 0 Å². The van der Waals surface area contributed by atoms with Crippen LogP contribution >= 0.6 is 0 Å². The fourth-order valence-corrected chi connectivity index (χ4v) is 12.2. The van der Waals surface area contributed by atoms with E-state index in [1.54, 1.807) is 0 Å². The average molecular weight is 786 g/mol. The van der Waals surface area contributed by atoms with Crippen molar-refractivity contribution in [2.75, 3.05) is 0 Å². The van der Waals surface area contributed by atoms with Crippen molar-refractivity contribution in [1.29, 1.82) is 0 Å². The fraction of sp³-hybridized carbons (Fsp3) is 0. The predicted octanol–water partition coefficient (Wildman–Crippen LogP) is 15.5. The molecule has 0 aliphatic rings. The van der Waals surface area contributed by atoms with Crippen molar-refractivity contribution in [2.24, 2.45) is 0 Å². The van der Waals surface area contributed by atoms with E-state index >= 15 is 0 Å². The standard InChI is InChI=1S/C56H34Se/c1-2-16-36(17-3-1)52-45-23-10-12-25-47(45)55(48-26-13-11-24-46(48)52)50-28-14-27-49-40-32-31-39(34-51(40)57-56(49)50)54-43-21-8-6-19-41(43)53(42-20-7-9-22-44(42)54)38-30-29-35-15-4-5-18-37(35)33-38/h1-34H. The van der Waals surface area contributed by atoms with Crippen molar-refractivity contribution >= 4 is 87.7 Å². The third-order valence-electron chi connectivity index (χ3n) is 12.0. The van der Waals surface area contributed by atoms with Crippen LogP contribution in [0.25, 0.3) is 118 Å². The van der Waals surface area contributed by atoms with Crippen LogP contribution in [-0.4, -0.2) is 14.5 Å². The van der Waals surface area contributed by atoms with Crippen LogP contribution in [0.3, 0.4) is 0 Å². The minimum absolute atomic E-state index is 0.119. The molecule has 0 saturated carbocycles. The zero-order chi connectivity index (χ0) is 37.5. The van der Waals surface area contributed by atoms with E-state index < -0.39 is 0 Å². The van der Waals surface area contributed by atoms with Crippen molar-refractivity contribution in [3.63, 3.8) is 0 Å². The van der Waals surface area contributed by atoms with Crippen LogP contribution in [0.15, 0.2) is 206 Å². The number of fused-ring (bicyclic) bond motifs is 8. The summed E-state index contributed by atoms with van der Waals surface area (Å²) in [5.41, 5.74) is 10.4. The molecule has 1 aromatic heterocycles. The molecule has 0 nitrogen and oxygen atoms in total. The summed E-state index contributed by atoms with van der Waals surface area (Å²) in [6, 6.07) is 76.8. The van der Waals surface area contributed by atoms with E-state index in [2.05, 4.69) is 206 Å². The second-order valence-electron chi connectivity index (χ2n) is 15.1. The Kier molecular flexibility index (Phi) is 7.35. The van der Waals surface area contributed by atoms with Gasteiger partial charge in [-0.1, -0.05) is 6.07 Å². The number of rotatable bonds is 4. The van der Waals surface area contributed by atoms with Gasteiger partial charge >= 0.3 is 332 Å². The Morgan fingerprint density at radius 1 is 0.246 bits per heavy atom. The molecule has 12 rings (SSSR count). The molecule has 57 heavy (non-hydrogen) atoms. The second kappa shape index (κ2) is 12.9. The van der Waals surface area contributed by atoms with Crippen LogP contribution in [0.2, 0.25) is 0 Å². The van der Waals surface area contributed by atoms with Crippen LogP contribution in [-0.2, 0) is 0 Å². The van der Waals surface area contributed by atoms with Crippen LogP contribution < -0.4 is 0 Å². The SMILES string of the molecule is c1ccc(-c2c3ccccc3c(-c3cccc4c3[se]c3cc(-c5c6ccccc6c(-c6ccc7ccccc7c6)c6ccccc56)ccc34)c3ccccc23)cc1. The zero-order valence-corrected chi connectivity index (χ0v) is 32.8. The van der Waals surface area contributed by atoms with Gasteiger partial charge in [-0.05, 0) is 0 Å². The van der Waals surface area contributed by atoms with Crippen molar-refractivity contribution < 1.29 is 0 Å². The topological polar surface area (TPSA) is 0 Å². The molecule has 0 saturated heterocycles. The van der Waals surface area contributed by atoms with E-state index in [1.165, 1.54) is 118 Å². The Morgan fingerprint density at radius 3 is 1.26 bits per heavy atom. The first kappa shape index (κ1) is 32.5. The molecule has 0 bridgehead atoms. The molecule has 12 aromatic rings. The van der Waals surface area contributed by atoms with E-state index in [0.717, 1.165) is 0 Å². The summed E-state index contributed by atoms with van der Waals surface area (Å²) < 4.78 is 2.92. The normalized spacial score (nSPS) is 11.9. The van der Waals surface area contributed by atoms with Crippen LogP contribution in [0.4, 0.5) is 0 Å². The first-order valence-electron chi connectivity index (χ1n) is 19.7. The minimum atomic E-state index is 0.119. The van der Waals surface area contributed by atoms with Gasteiger partial charge in [-0.25, -0.2) is 0 Å². The van der Waals surface area contributed by atoms with Crippen molar-refractivity contribution in [3.8, 4) is 44.5 Å². The molecule has 1 heterocycles. The molecule has 11 aromatic carbocycles. The van der Waals surface area contributed by atoms with Gasteiger partial charge in [0.15, 0.2) is 0 Å². The first-order valence-corrected chi connectivity index (χ1v) is 21.4. The van der Waals surface area contributed by atoms with E-state index in [-0.39, 0.29) is 14.5 Å². The molecule has 0 atom stereocenters. The third kappa shape index (κ3) is 5.00. The van der Waals surface area contributed by atoms with Gasteiger partial charge < -0.3 is 0 Å². The summed E-state index contributed by atoms with van der Waals surface area (Å²) in [6.45, 7) is 0. The molecule has 0 spiro atoms. The van der Waals surface area contributed by atoms with Gasteiger partial charge in [-0.3, -0.25) is 0 Å². The van der Waals surface area contributed by atoms with Crippen LogP contribution in [0.1, 0.15) is 0 Å². The summed E-state index contributed by atoms with van der Waals surface area (Å²) >= 11 is 0.119. The molecular formula is C56H34Se. The predicted molar refractivity (Wildman–Crippen MR) is 248 cm³/mol. The Hall–Kier alpha value is -6.76.